The van der Waals surface area contributed by atoms with E-state index < -0.39 is 0 Å². The first kappa shape index (κ1) is 20.7. The zero-order valence-electron chi connectivity index (χ0n) is 17.5. The molecule has 0 saturated carbocycles. The van der Waals surface area contributed by atoms with Crippen LogP contribution in [0.2, 0.25) is 5.02 Å². The van der Waals surface area contributed by atoms with E-state index >= 15 is 0 Å². The van der Waals surface area contributed by atoms with E-state index in [2.05, 4.69) is 46.4 Å². The molecule has 6 heteroatoms. The molecule has 0 amide bonds. The van der Waals surface area contributed by atoms with Crippen LogP contribution in [-0.4, -0.2) is 10.1 Å². The number of aromatic nitrogens is 1. The van der Waals surface area contributed by atoms with Crippen molar-refractivity contribution in [1.82, 2.24) is 10.3 Å². The smallest absolute Gasteiger partial charge is 0.174 e. The number of hydrogen-bond acceptors (Lipinski definition) is 3. The molecule has 4 aromatic rings. The Kier molecular flexibility index (Phi) is 5.68. The summed E-state index contributed by atoms with van der Waals surface area (Å²) in [7, 11) is 0. The minimum atomic E-state index is -0.175. The van der Waals surface area contributed by atoms with Gasteiger partial charge >= 0.3 is 0 Å². The zero-order chi connectivity index (χ0) is 22.1. The number of nitrogens with one attached hydrogen (secondary N) is 1. The highest BCUT2D eigenvalue weighted by molar-refractivity contribution is 7.80. The van der Waals surface area contributed by atoms with Crippen LogP contribution in [0.25, 0.3) is 11.3 Å². The molecule has 0 bridgehead atoms. The van der Waals surface area contributed by atoms with Gasteiger partial charge in [0.15, 0.2) is 5.11 Å². The Bertz CT molecular complexity index is 1220. The van der Waals surface area contributed by atoms with Crippen LogP contribution in [0.3, 0.4) is 0 Å². The summed E-state index contributed by atoms with van der Waals surface area (Å²) in [5.74, 6) is 1.60. The second-order valence-corrected chi connectivity index (χ2v) is 8.55. The number of rotatable bonds is 5. The number of aryl methyl sites for hydroxylation is 1. The third kappa shape index (κ3) is 3.90. The summed E-state index contributed by atoms with van der Waals surface area (Å²) in [4.78, 5) is 6.72. The molecule has 0 spiro atoms. The predicted octanol–water partition coefficient (Wildman–Crippen LogP) is 6.73. The van der Waals surface area contributed by atoms with Gasteiger partial charge in [0.05, 0.1) is 11.7 Å². The number of pyridine rings is 1. The van der Waals surface area contributed by atoms with Gasteiger partial charge in [0.2, 0.25) is 0 Å². The van der Waals surface area contributed by atoms with Crippen molar-refractivity contribution in [2.75, 3.05) is 4.90 Å². The van der Waals surface area contributed by atoms with Crippen molar-refractivity contribution in [3.8, 4) is 11.3 Å². The molecule has 1 aliphatic heterocycles. The number of anilines is 1. The summed E-state index contributed by atoms with van der Waals surface area (Å²) in [6, 6.07) is 25.8. The molecule has 5 rings (SSSR count). The molecule has 4 nitrogen and oxygen atoms in total. The van der Waals surface area contributed by atoms with Gasteiger partial charge in [-0.25, -0.2) is 0 Å². The van der Waals surface area contributed by atoms with E-state index in [1.165, 1.54) is 5.56 Å². The van der Waals surface area contributed by atoms with Gasteiger partial charge in [-0.1, -0.05) is 36.7 Å². The van der Waals surface area contributed by atoms with Gasteiger partial charge < -0.3 is 14.6 Å². The van der Waals surface area contributed by atoms with E-state index in [1.807, 2.05) is 54.6 Å². The second kappa shape index (κ2) is 8.77. The van der Waals surface area contributed by atoms with Crippen LogP contribution in [0.1, 0.15) is 36.0 Å². The van der Waals surface area contributed by atoms with Crippen LogP contribution < -0.4 is 10.2 Å². The third-order valence-corrected chi connectivity index (χ3v) is 6.33. The molecule has 0 aliphatic carbocycles. The lowest BCUT2D eigenvalue weighted by Crippen LogP contribution is -2.29. The molecule has 3 heterocycles. The van der Waals surface area contributed by atoms with Crippen molar-refractivity contribution in [3.63, 3.8) is 0 Å². The number of hydrogen-bond donors (Lipinski definition) is 1. The third-order valence-electron chi connectivity index (χ3n) is 5.77. The summed E-state index contributed by atoms with van der Waals surface area (Å²) in [6.45, 7) is 2.15. The molecular weight excluding hydrogens is 438 g/mol. The Morgan fingerprint density at radius 1 is 1.00 bits per heavy atom. The molecule has 1 aliphatic rings. The van der Waals surface area contributed by atoms with Crippen LogP contribution in [0, 0.1) is 0 Å². The largest absolute Gasteiger partial charge is 0.459 e. The maximum Gasteiger partial charge on any atom is 0.174 e. The Labute approximate surface area is 197 Å². The number of benzene rings is 2. The van der Waals surface area contributed by atoms with Gasteiger partial charge in [-0.15, -0.1) is 0 Å². The van der Waals surface area contributed by atoms with Crippen molar-refractivity contribution in [3.05, 3.63) is 107 Å². The quantitative estimate of drug-likeness (QED) is 0.335. The van der Waals surface area contributed by atoms with E-state index in [0.717, 1.165) is 34.9 Å². The maximum absolute atomic E-state index is 6.38. The van der Waals surface area contributed by atoms with E-state index in [9.17, 15) is 0 Å². The van der Waals surface area contributed by atoms with Crippen molar-refractivity contribution in [1.29, 1.82) is 0 Å². The summed E-state index contributed by atoms with van der Waals surface area (Å²) in [5.41, 5.74) is 4.19. The van der Waals surface area contributed by atoms with Crippen molar-refractivity contribution in [2.24, 2.45) is 0 Å². The summed E-state index contributed by atoms with van der Waals surface area (Å²) in [6.07, 6.45) is 2.79. The topological polar surface area (TPSA) is 41.3 Å². The average Bonchev–Trinajstić information content (AvgIpc) is 3.45. The first-order valence-corrected chi connectivity index (χ1v) is 11.4. The molecule has 160 valence electrons. The Morgan fingerprint density at radius 2 is 1.78 bits per heavy atom. The van der Waals surface area contributed by atoms with Gasteiger partial charge in [0.25, 0.3) is 0 Å². The Balaban J connectivity index is 1.57. The highest BCUT2D eigenvalue weighted by atomic mass is 35.5. The lowest BCUT2D eigenvalue weighted by molar-refractivity contribution is 0.439. The number of nitrogens with zero attached hydrogens (tertiary/aromatic N) is 2. The predicted molar refractivity (Wildman–Crippen MR) is 133 cm³/mol. The zero-order valence-corrected chi connectivity index (χ0v) is 19.1. The van der Waals surface area contributed by atoms with Crippen LogP contribution in [0.15, 0.2) is 89.5 Å². The van der Waals surface area contributed by atoms with E-state index in [-0.39, 0.29) is 12.1 Å². The minimum absolute atomic E-state index is 0.140. The van der Waals surface area contributed by atoms with Gasteiger partial charge in [-0.05, 0) is 84.9 Å². The molecular formula is C26H22ClN3OS. The van der Waals surface area contributed by atoms with Crippen LogP contribution in [0.5, 0.6) is 0 Å². The van der Waals surface area contributed by atoms with E-state index in [1.54, 1.807) is 6.20 Å². The molecule has 1 N–H and O–H groups in total. The first-order valence-electron chi connectivity index (χ1n) is 10.6. The molecule has 1 fully saturated rings. The monoisotopic (exact) mass is 459 g/mol. The molecule has 32 heavy (non-hydrogen) atoms. The van der Waals surface area contributed by atoms with E-state index in [0.29, 0.717) is 10.1 Å². The lowest BCUT2D eigenvalue weighted by Gasteiger charge is -2.26. The first-order chi connectivity index (χ1) is 15.6. The molecule has 2 atom stereocenters. The van der Waals surface area contributed by atoms with Gasteiger partial charge in [0.1, 0.15) is 17.6 Å². The van der Waals surface area contributed by atoms with Crippen LogP contribution in [0.4, 0.5) is 5.69 Å². The van der Waals surface area contributed by atoms with E-state index in [4.69, 9.17) is 28.2 Å². The standard InChI is InChI=1S/C26H22ClN3OS/c1-2-17-6-12-20(13-7-17)30-25(24(29-26(30)32)21-5-3-4-16-28-21)23-15-14-22(31-23)18-8-10-19(27)11-9-18/h3-16,24-25H,2H2,1H3,(H,29,32)/t24-,25-/m1/s1. The summed E-state index contributed by atoms with van der Waals surface area (Å²) in [5, 5.41) is 4.82. The lowest BCUT2D eigenvalue weighted by atomic mass is 10.0. The maximum atomic E-state index is 6.38. The Morgan fingerprint density at radius 3 is 2.47 bits per heavy atom. The fourth-order valence-electron chi connectivity index (χ4n) is 4.10. The number of thiocarbonyl (C=S) groups is 1. The van der Waals surface area contributed by atoms with Crippen LogP contribution >= 0.6 is 23.8 Å². The Hall–Kier alpha value is -3.15. The second-order valence-electron chi connectivity index (χ2n) is 7.73. The molecule has 0 unspecified atom stereocenters. The highest BCUT2D eigenvalue weighted by Crippen LogP contribution is 2.43. The molecule has 2 aromatic carbocycles. The number of furan rings is 1. The molecule has 2 aromatic heterocycles. The summed E-state index contributed by atoms with van der Waals surface area (Å²) < 4.78 is 6.38. The highest BCUT2D eigenvalue weighted by Gasteiger charge is 2.42. The molecule has 0 radical (unpaired) electrons. The number of halogens is 1. The average molecular weight is 460 g/mol. The fourth-order valence-corrected chi connectivity index (χ4v) is 4.57. The normalized spacial score (nSPS) is 18.1. The minimum Gasteiger partial charge on any atom is -0.459 e. The van der Waals surface area contributed by atoms with Crippen molar-refractivity contribution < 1.29 is 4.42 Å². The van der Waals surface area contributed by atoms with Gasteiger partial charge in [-0.3, -0.25) is 4.98 Å². The van der Waals surface area contributed by atoms with Gasteiger partial charge in [-0.2, -0.15) is 0 Å². The molecule has 1 saturated heterocycles. The van der Waals surface area contributed by atoms with Crippen LogP contribution in [-0.2, 0) is 6.42 Å². The SMILES string of the molecule is CCc1ccc(N2C(=S)N[C@H](c3ccccn3)[C@H]2c2ccc(-c3ccc(Cl)cc3)o2)cc1. The van der Waals surface area contributed by atoms with Crippen molar-refractivity contribution >= 4 is 34.6 Å². The fraction of sp³-hybridized carbons (Fsp3) is 0.154. The van der Waals surface area contributed by atoms with Gasteiger partial charge in [0, 0.05) is 22.5 Å². The summed E-state index contributed by atoms with van der Waals surface area (Å²) >= 11 is 11.8. The van der Waals surface area contributed by atoms with Crippen molar-refractivity contribution in [2.45, 2.75) is 25.4 Å².